The zero-order chi connectivity index (χ0) is 16.4. The quantitative estimate of drug-likeness (QED) is 0.618. The Balaban J connectivity index is 1.81. The first kappa shape index (κ1) is 16.6. The predicted molar refractivity (Wildman–Crippen MR) is 94.0 cm³/mol. The molecule has 1 saturated carbocycles. The lowest BCUT2D eigenvalue weighted by Crippen LogP contribution is -2.11. The van der Waals surface area contributed by atoms with Crippen molar-refractivity contribution in [3.8, 4) is 5.75 Å². The first-order chi connectivity index (χ1) is 11.1. The Bertz CT molecular complexity index is 674. The molecular formula is C19H25ClFNO. The van der Waals surface area contributed by atoms with E-state index >= 15 is 0 Å². The van der Waals surface area contributed by atoms with Crippen molar-refractivity contribution in [1.29, 1.82) is 0 Å². The molecule has 0 bridgehead atoms. The van der Waals surface area contributed by atoms with Crippen LogP contribution >= 0.6 is 11.6 Å². The van der Waals surface area contributed by atoms with E-state index in [1.54, 1.807) is 0 Å². The van der Waals surface area contributed by atoms with Crippen molar-refractivity contribution in [2.45, 2.75) is 58.4 Å². The zero-order valence-corrected chi connectivity index (χ0v) is 14.7. The van der Waals surface area contributed by atoms with Gasteiger partial charge in [0.15, 0.2) is 0 Å². The molecule has 1 aromatic carbocycles. The van der Waals surface area contributed by atoms with Gasteiger partial charge in [-0.1, -0.05) is 43.7 Å². The summed E-state index contributed by atoms with van der Waals surface area (Å²) in [5, 5.41) is 0.909. The highest BCUT2D eigenvalue weighted by molar-refractivity contribution is 6.35. The molecule has 2 aromatic rings. The summed E-state index contributed by atoms with van der Waals surface area (Å²) in [6.45, 7) is 4.84. The Morgan fingerprint density at radius 2 is 2.04 bits per heavy atom. The van der Waals surface area contributed by atoms with Crippen LogP contribution in [0.2, 0.25) is 5.02 Å². The normalized spacial score (nSPS) is 16.4. The summed E-state index contributed by atoms with van der Waals surface area (Å²) in [6, 6.07) is 3.58. The van der Waals surface area contributed by atoms with E-state index in [2.05, 4.69) is 18.4 Å². The van der Waals surface area contributed by atoms with Crippen LogP contribution in [0.3, 0.4) is 0 Å². The lowest BCUT2D eigenvalue weighted by atomic mass is 9.87. The van der Waals surface area contributed by atoms with Crippen molar-refractivity contribution in [2.24, 2.45) is 5.92 Å². The van der Waals surface area contributed by atoms with Crippen LogP contribution in [0.1, 0.15) is 58.4 Å². The highest BCUT2D eigenvalue weighted by Gasteiger charge is 2.18. The molecule has 126 valence electrons. The summed E-state index contributed by atoms with van der Waals surface area (Å²) in [5.41, 5.74) is 0.898. The Kier molecular flexibility index (Phi) is 5.15. The van der Waals surface area contributed by atoms with Crippen LogP contribution in [0, 0.1) is 11.7 Å². The van der Waals surface area contributed by atoms with Crippen LogP contribution in [-0.4, -0.2) is 11.2 Å². The number of nitrogens with zero attached hydrogens (tertiary/aromatic N) is 1. The minimum Gasteiger partial charge on any atom is -0.491 e. The lowest BCUT2D eigenvalue weighted by Gasteiger charge is -2.22. The second-order valence-electron chi connectivity index (χ2n) is 6.89. The van der Waals surface area contributed by atoms with E-state index in [-0.39, 0.29) is 11.1 Å². The Morgan fingerprint density at radius 3 is 2.74 bits per heavy atom. The monoisotopic (exact) mass is 337 g/mol. The van der Waals surface area contributed by atoms with Crippen molar-refractivity contribution in [2.75, 3.05) is 6.61 Å². The summed E-state index contributed by atoms with van der Waals surface area (Å²) in [4.78, 5) is 0. The Hall–Kier alpha value is -1.22. The average molecular weight is 338 g/mol. The van der Waals surface area contributed by atoms with Gasteiger partial charge in [-0.15, -0.1) is 0 Å². The lowest BCUT2D eigenvalue weighted by molar-refractivity contribution is 0.247. The molecule has 0 N–H and O–H groups in total. The maximum Gasteiger partial charge on any atom is 0.146 e. The average Bonchev–Trinajstić information content (AvgIpc) is 2.99. The zero-order valence-electron chi connectivity index (χ0n) is 13.9. The second kappa shape index (κ2) is 7.12. The van der Waals surface area contributed by atoms with E-state index in [4.69, 9.17) is 16.3 Å². The molecule has 0 saturated heterocycles. The van der Waals surface area contributed by atoms with Crippen molar-refractivity contribution in [3.05, 3.63) is 29.2 Å². The van der Waals surface area contributed by atoms with Gasteiger partial charge in [-0.3, -0.25) is 0 Å². The van der Waals surface area contributed by atoms with Gasteiger partial charge in [0, 0.05) is 23.7 Å². The summed E-state index contributed by atoms with van der Waals surface area (Å²) < 4.78 is 22.2. The van der Waals surface area contributed by atoms with Crippen molar-refractivity contribution in [3.63, 3.8) is 0 Å². The summed E-state index contributed by atoms with van der Waals surface area (Å²) in [7, 11) is 0. The van der Waals surface area contributed by atoms with Gasteiger partial charge in [-0.05, 0) is 32.3 Å². The van der Waals surface area contributed by atoms with Crippen molar-refractivity contribution >= 4 is 22.5 Å². The summed E-state index contributed by atoms with van der Waals surface area (Å²) >= 11 is 6.13. The van der Waals surface area contributed by atoms with Crippen LogP contribution in [-0.2, 0) is 0 Å². The van der Waals surface area contributed by atoms with E-state index in [0.29, 0.717) is 12.4 Å². The topological polar surface area (TPSA) is 14.2 Å². The van der Waals surface area contributed by atoms with Gasteiger partial charge in [0.05, 0.1) is 17.1 Å². The van der Waals surface area contributed by atoms with E-state index in [1.165, 1.54) is 38.2 Å². The van der Waals surface area contributed by atoms with Crippen molar-refractivity contribution < 1.29 is 9.13 Å². The standard InChI is InChI=1S/C19H25ClFNO/c1-13(2)22-10-8-15-18(20)16(21)12-17(19(15)22)23-11-9-14-6-4-3-5-7-14/h8,10,12-14H,3-7,9,11H2,1-2H3. The van der Waals surface area contributed by atoms with Crippen LogP contribution in [0.25, 0.3) is 10.9 Å². The summed E-state index contributed by atoms with van der Waals surface area (Å²) in [5.74, 6) is 0.957. The molecule has 0 radical (unpaired) electrons. The van der Waals surface area contributed by atoms with E-state index in [1.807, 2.05) is 12.3 Å². The van der Waals surface area contributed by atoms with Gasteiger partial charge in [0.2, 0.25) is 0 Å². The van der Waals surface area contributed by atoms with Crippen LogP contribution in [0.15, 0.2) is 18.3 Å². The molecule has 0 amide bonds. The maximum atomic E-state index is 14.1. The highest BCUT2D eigenvalue weighted by atomic mass is 35.5. The maximum absolute atomic E-state index is 14.1. The third-order valence-electron chi connectivity index (χ3n) is 4.92. The fraction of sp³-hybridized carbons (Fsp3) is 0.579. The molecule has 23 heavy (non-hydrogen) atoms. The Labute approximate surface area is 142 Å². The molecule has 0 unspecified atom stereocenters. The van der Waals surface area contributed by atoms with Gasteiger partial charge in [-0.25, -0.2) is 4.39 Å². The van der Waals surface area contributed by atoms with Crippen molar-refractivity contribution in [1.82, 2.24) is 4.57 Å². The third-order valence-corrected chi connectivity index (χ3v) is 5.30. The Morgan fingerprint density at radius 1 is 1.30 bits per heavy atom. The van der Waals surface area contributed by atoms with Gasteiger partial charge in [0.1, 0.15) is 11.6 Å². The minimum atomic E-state index is -0.409. The molecular weight excluding hydrogens is 313 g/mol. The first-order valence-corrected chi connectivity index (χ1v) is 9.07. The molecule has 4 heteroatoms. The van der Waals surface area contributed by atoms with E-state index < -0.39 is 5.82 Å². The number of aromatic nitrogens is 1. The molecule has 1 aromatic heterocycles. The molecule has 1 heterocycles. The summed E-state index contributed by atoms with van der Waals surface area (Å²) in [6.07, 6.45) is 9.64. The number of halogens is 2. The van der Waals surface area contributed by atoms with Gasteiger partial charge in [0.25, 0.3) is 0 Å². The number of ether oxygens (including phenoxy) is 1. The fourth-order valence-electron chi connectivity index (χ4n) is 3.61. The molecule has 0 aliphatic heterocycles. The predicted octanol–water partition coefficient (Wildman–Crippen LogP) is 6.36. The molecule has 0 spiro atoms. The number of hydrogen-bond donors (Lipinski definition) is 0. The van der Waals surface area contributed by atoms with E-state index in [9.17, 15) is 4.39 Å². The van der Waals surface area contributed by atoms with Gasteiger partial charge < -0.3 is 9.30 Å². The largest absolute Gasteiger partial charge is 0.491 e. The first-order valence-electron chi connectivity index (χ1n) is 8.69. The van der Waals surface area contributed by atoms with E-state index in [0.717, 1.165) is 23.2 Å². The van der Waals surface area contributed by atoms with Gasteiger partial charge in [-0.2, -0.15) is 0 Å². The number of benzene rings is 1. The molecule has 2 nitrogen and oxygen atoms in total. The van der Waals surface area contributed by atoms with Crippen LogP contribution < -0.4 is 4.74 Å². The van der Waals surface area contributed by atoms with Gasteiger partial charge >= 0.3 is 0 Å². The minimum absolute atomic E-state index is 0.180. The molecule has 1 aliphatic carbocycles. The number of rotatable bonds is 5. The molecule has 1 fully saturated rings. The fourth-order valence-corrected chi connectivity index (χ4v) is 3.82. The third kappa shape index (κ3) is 3.50. The smallest absolute Gasteiger partial charge is 0.146 e. The molecule has 3 rings (SSSR count). The second-order valence-corrected chi connectivity index (χ2v) is 7.27. The highest BCUT2D eigenvalue weighted by Crippen LogP contribution is 2.36. The number of hydrogen-bond acceptors (Lipinski definition) is 1. The molecule has 0 atom stereocenters. The number of fused-ring (bicyclic) bond motifs is 1. The molecule has 1 aliphatic rings. The SMILES string of the molecule is CC(C)n1ccc2c(Cl)c(F)cc(OCCC3CCCCC3)c21. The van der Waals surface area contributed by atoms with Crippen LogP contribution in [0.4, 0.5) is 4.39 Å². The van der Waals surface area contributed by atoms with Crippen LogP contribution in [0.5, 0.6) is 5.75 Å².